The van der Waals surface area contributed by atoms with Gasteiger partial charge >= 0.3 is 0 Å². The van der Waals surface area contributed by atoms with Crippen LogP contribution in [0.1, 0.15) is 44.1 Å². The fourth-order valence-corrected chi connectivity index (χ4v) is 2.19. The standard InChI is InChI=1S/C12H21N3/c1-9(2)6-12-14-8-11(15-12)10-4-3-5-13-7-10/h8-10,13H,3-7H2,1-2H3,(H,14,15). The second kappa shape index (κ2) is 4.79. The van der Waals surface area contributed by atoms with Crippen LogP contribution < -0.4 is 5.32 Å². The van der Waals surface area contributed by atoms with Gasteiger partial charge in [0, 0.05) is 30.8 Å². The molecule has 1 fully saturated rings. The molecule has 1 aliphatic heterocycles. The van der Waals surface area contributed by atoms with Crippen LogP contribution in [0, 0.1) is 5.92 Å². The Bertz CT molecular complexity index is 298. The lowest BCUT2D eigenvalue weighted by atomic mass is 9.97. The van der Waals surface area contributed by atoms with E-state index in [-0.39, 0.29) is 0 Å². The summed E-state index contributed by atoms with van der Waals surface area (Å²) in [5.74, 6) is 2.46. The number of hydrogen-bond acceptors (Lipinski definition) is 2. The number of aromatic nitrogens is 2. The number of aromatic amines is 1. The van der Waals surface area contributed by atoms with Crippen molar-refractivity contribution in [3.63, 3.8) is 0 Å². The van der Waals surface area contributed by atoms with Gasteiger partial charge in [0.2, 0.25) is 0 Å². The monoisotopic (exact) mass is 207 g/mol. The number of H-pyrrole nitrogens is 1. The molecular formula is C12H21N3. The van der Waals surface area contributed by atoms with E-state index in [1.54, 1.807) is 0 Å². The Hall–Kier alpha value is -0.830. The summed E-state index contributed by atoms with van der Waals surface area (Å²) < 4.78 is 0. The van der Waals surface area contributed by atoms with Gasteiger partial charge in [-0.1, -0.05) is 13.8 Å². The number of nitrogens with one attached hydrogen (secondary N) is 2. The maximum atomic E-state index is 4.45. The molecule has 1 aromatic heterocycles. The summed E-state index contributed by atoms with van der Waals surface area (Å²) in [5, 5.41) is 3.44. The molecule has 1 atom stereocenters. The van der Waals surface area contributed by atoms with Crippen molar-refractivity contribution in [2.24, 2.45) is 5.92 Å². The van der Waals surface area contributed by atoms with Crippen molar-refractivity contribution in [2.45, 2.75) is 39.0 Å². The van der Waals surface area contributed by atoms with E-state index in [1.165, 1.54) is 25.1 Å². The molecule has 15 heavy (non-hydrogen) atoms. The third kappa shape index (κ3) is 2.81. The average molecular weight is 207 g/mol. The van der Waals surface area contributed by atoms with Gasteiger partial charge in [-0.05, 0) is 25.3 Å². The van der Waals surface area contributed by atoms with Crippen LogP contribution in [0.2, 0.25) is 0 Å². The van der Waals surface area contributed by atoms with Crippen molar-refractivity contribution in [1.29, 1.82) is 0 Å². The maximum absolute atomic E-state index is 4.45. The van der Waals surface area contributed by atoms with E-state index in [2.05, 4.69) is 29.1 Å². The van der Waals surface area contributed by atoms with Gasteiger partial charge in [-0.25, -0.2) is 4.98 Å². The second-order valence-electron chi connectivity index (χ2n) is 4.93. The first-order chi connectivity index (χ1) is 7.25. The van der Waals surface area contributed by atoms with E-state index < -0.39 is 0 Å². The number of imidazole rings is 1. The van der Waals surface area contributed by atoms with Gasteiger partial charge in [0.1, 0.15) is 5.82 Å². The van der Waals surface area contributed by atoms with Crippen molar-refractivity contribution >= 4 is 0 Å². The van der Waals surface area contributed by atoms with Gasteiger partial charge < -0.3 is 10.3 Å². The molecule has 1 unspecified atom stereocenters. The summed E-state index contributed by atoms with van der Waals surface area (Å²) in [6.45, 7) is 6.72. The Morgan fingerprint density at radius 1 is 1.53 bits per heavy atom. The lowest BCUT2D eigenvalue weighted by Gasteiger charge is -2.21. The average Bonchev–Trinajstić information content (AvgIpc) is 2.67. The SMILES string of the molecule is CC(C)Cc1ncc(C2CCCNC2)[nH]1. The predicted octanol–water partition coefficient (Wildman–Crippen LogP) is 2.08. The lowest BCUT2D eigenvalue weighted by Crippen LogP contribution is -2.28. The van der Waals surface area contributed by atoms with E-state index in [9.17, 15) is 0 Å². The van der Waals surface area contributed by atoms with Crippen molar-refractivity contribution in [2.75, 3.05) is 13.1 Å². The van der Waals surface area contributed by atoms with Crippen LogP contribution in [-0.2, 0) is 6.42 Å². The molecule has 0 spiro atoms. The van der Waals surface area contributed by atoms with Crippen LogP contribution in [0.3, 0.4) is 0 Å². The Kier molecular flexibility index (Phi) is 3.41. The fraction of sp³-hybridized carbons (Fsp3) is 0.750. The van der Waals surface area contributed by atoms with Crippen molar-refractivity contribution < 1.29 is 0 Å². The van der Waals surface area contributed by atoms with Gasteiger partial charge in [-0.3, -0.25) is 0 Å². The second-order valence-corrected chi connectivity index (χ2v) is 4.93. The van der Waals surface area contributed by atoms with Gasteiger partial charge in [0.25, 0.3) is 0 Å². The van der Waals surface area contributed by atoms with Crippen LogP contribution in [-0.4, -0.2) is 23.1 Å². The van der Waals surface area contributed by atoms with E-state index >= 15 is 0 Å². The molecule has 1 aliphatic rings. The van der Waals surface area contributed by atoms with Gasteiger partial charge in [-0.15, -0.1) is 0 Å². The molecule has 0 bridgehead atoms. The Morgan fingerprint density at radius 2 is 2.40 bits per heavy atom. The third-order valence-electron chi connectivity index (χ3n) is 2.99. The smallest absolute Gasteiger partial charge is 0.106 e. The maximum Gasteiger partial charge on any atom is 0.106 e. The Labute approximate surface area is 91.7 Å². The lowest BCUT2D eigenvalue weighted by molar-refractivity contribution is 0.455. The van der Waals surface area contributed by atoms with E-state index in [1.807, 2.05) is 6.20 Å². The summed E-state index contributed by atoms with van der Waals surface area (Å²) in [7, 11) is 0. The van der Waals surface area contributed by atoms with Crippen LogP contribution in [0.4, 0.5) is 0 Å². The Balaban J connectivity index is 1.99. The van der Waals surface area contributed by atoms with Crippen LogP contribution in [0.25, 0.3) is 0 Å². The number of piperidine rings is 1. The molecule has 0 amide bonds. The minimum Gasteiger partial charge on any atom is -0.346 e. The highest BCUT2D eigenvalue weighted by molar-refractivity contribution is 5.09. The highest BCUT2D eigenvalue weighted by atomic mass is 14.9. The molecule has 3 nitrogen and oxygen atoms in total. The largest absolute Gasteiger partial charge is 0.346 e. The summed E-state index contributed by atoms with van der Waals surface area (Å²) in [6.07, 6.45) is 5.65. The van der Waals surface area contributed by atoms with E-state index in [0.717, 1.165) is 18.8 Å². The van der Waals surface area contributed by atoms with Gasteiger partial charge in [0.05, 0.1) is 0 Å². The summed E-state index contributed by atoms with van der Waals surface area (Å²) in [4.78, 5) is 7.91. The molecule has 2 rings (SSSR count). The van der Waals surface area contributed by atoms with Crippen molar-refractivity contribution in [3.05, 3.63) is 17.7 Å². The van der Waals surface area contributed by atoms with E-state index in [4.69, 9.17) is 0 Å². The molecule has 84 valence electrons. The first-order valence-electron chi connectivity index (χ1n) is 6.00. The minimum atomic E-state index is 0.646. The molecule has 2 heterocycles. The molecule has 0 saturated carbocycles. The number of hydrogen-bond donors (Lipinski definition) is 2. The summed E-state index contributed by atoms with van der Waals surface area (Å²) in [5.41, 5.74) is 1.32. The number of rotatable bonds is 3. The molecule has 3 heteroatoms. The zero-order chi connectivity index (χ0) is 10.7. The normalized spacial score (nSPS) is 22.2. The van der Waals surface area contributed by atoms with Gasteiger partial charge in [0.15, 0.2) is 0 Å². The molecule has 2 N–H and O–H groups in total. The highest BCUT2D eigenvalue weighted by Gasteiger charge is 2.17. The topological polar surface area (TPSA) is 40.7 Å². The van der Waals surface area contributed by atoms with E-state index in [0.29, 0.717) is 11.8 Å². The predicted molar refractivity (Wildman–Crippen MR) is 62.0 cm³/mol. The first-order valence-corrected chi connectivity index (χ1v) is 6.00. The molecule has 0 radical (unpaired) electrons. The third-order valence-corrected chi connectivity index (χ3v) is 2.99. The molecule has 0 aliphatic carbocycles. The van der Waals surface area contributed by atoms with Crippen molar-refractivity contribution in [3.8, 4) is 0 Å². The zero-order valence-electron chi connectivity index (χ0n) is 9.71. The van der Waals surface area contributed by atoms with Gasteiger partial charge in [-0.2, -0.15) is 0 Å². The van der Waals surface area contributed by atoms with Crippen LogP contribution in [0.15, 0.2) is 6.20 Å². The summed E-state index contributed by atoms with van der Waals surface area (Å²) in [6, 6.07) is 0. The van der Waals surface area contributed by atoms with Crippen LogP contribution >= 0.6 is 0 Å². The first kappa shape index (κ1) is 10.7. The molecule has 1 saturated heterocycles. The molecule has 0 aromatic carbocycles. The highest BCUT2D eigenvalue weighted by Crippen LogP contribution is 2.21. The fourth-order valence-electron chi connectivity index (χ4n) is 2.19. The molecular weight excluding hydrogens is 186 g/mol. The van der Waals surface area contributed by atoms with Crippen LogP contribution in [0.5, 0.6) is 0 Å². The zero-order valence-corrected chi connectivity index (χ0v) is 9.71. The summed E-state index contributed by atoms with van der Waals surface area (Å²) >= 11 is 0. The minimum absolute atomic E-state index is 0.646. The Morgan fingerprint density at radius 3 is 3.07 bits per heavy atom. The van der Waals surface area contributed by atoms with Crippen molar-refractivity contribution in [1.82, 2.24) is 15.3 Å². The quantitative estimate of drug-likeness (QED) is 0.796. The molecule has 1 aromatic rings. The number of nitrogens with zero attached hydrogens (tertiary/aromatic N) is 1.